The van der Waals surface area contributed by atoms with E-state index in [9.17, 15) is 0 Å². The number of hydrogen-bond donors (Lipinski definition) is 1. The average Bonchev–Trinajstić information content (AvgIpc) is 2.28. The number of hydrogen-bond acceptors (Lipinski definition) is 3. The van der Waals surface area contributed by atoms with Gasteiger partial charge in [-0.15, -0.1) is 0 Å². The number of aliphatic hydroxyl groups is 1. The summed E-state index contributed by atoms with van der Waals surface area (Å²) in [6.45, 7) is 2.15. The molecule has 0 aliphatic carbocycles. The van der Waals surface area contributed by atoms with E-state index in [0.717, 1.165) is 16.5 Å². The van der Waals surface area contributed by atoms with Crippen molar-refractivity contribution < 1.29 is 5.11 Å². The Hall–Kier alpha value is -1.19. The number of nitrogens with zero attached hydrogens (tertiary/aromatic N) is 2. The van der Waals surface area contributed by atoms with E-state index < -0.39 is 0 Å². The largest absolute Gasteiger partial charge is 0.396 e. The van der Waals surface area contributed by atoms with Crippen LogP contribution >= 0.6 is 11.6 Å². The molecule has 0 unspecified atom stereocenters. The Morgan fingerprint density at radius 1 is 1.31 bits per heavy atom. The first-order chi connectivity index (χ1) is 7.72. The maximum absolute atomic E-state index is 8.78. The highest BCUT2D eigenvalue weighted by Gasteiger charge is 2.07. The minimum Gasteiger partial charge on any atom is -0.396 e. The fourth-order valence-electron chi connectivity index (χ4n) is 1.65. The number of benzene rings is 1. The molecule has 0 fully saturated rings. The minimum atomic E-state index is 0.146. The molecule has 0 spiro atoms. The van der Waals surface area contributed by atoms with Gasteiger partial charge in [0.1, 0.15) is 11.0 Å². The third-order valence-corrected chi connectivity index (χ3v) is 2.77. The smallest absolute Gasteiger partial charge is 0.140 e. The molecule has 0 aliphatic rings. The number of para-hydroxylation sites is 1. The van der Waals surface area contributed by atoms with Gasteiger partial charge in [-0.1, -0.05) is 23.7 Å². The first-order valence-corrected chi connectivity index (χ1v) is 5.63. The molecule has 1 heterocycles. The molecule has 1 aromatic carbocycles. The summed E-state index contributed by atoms with van der Waals surface area (Å²) in [7, 11) is 0. The summed E-state index contributed by atoms with van der Waals surface area (Å²) in [4.78, 5) is 8.69. The van der Waals surface area contributed by atoms with Gasteiger partial charge in [0, 0.05) is 18.4 Å². The van der Waals surface area contributed by atoms with Crippen molar-refractivity contribution in [1.82, 2.24) is 9.97 Å². The van der Waals surface area contributed by atoms with Crippen LogP contribution in [0.4, 0.5) is 0 Å². The zero-order valence-electron chi connectivity index (χ0n) is 9.07. The van der Waals surface area contributed by atoms with E-state index in [-0.39, 0.29) is 6.61 Å². The third kappa shape index (κ3) is 2.15. The molecule has 0 saturated carbocycles. The van der Waals surface area contributed by atoms with Gasteiger partial charge in [0.2, 0.25) is 0 Å². The Morgan fingerprint density at radius 2 is 2.12 bits per heavy atom. The van der Waals surface area contributed by atoms with Crippen molar-refractivity contribution in [2.45, 2.75) is 19.8 Å². The van der Waals surface area contributed by atoms with Crippen LogP contribution in [-0.4, -0.2) is 21.7 Å². The fraction of sp³-hybridized carbons (Fsp3) is 0.333. The van der Waals surface area contributed by atoms with E-state index in [1.807, 2.05) is 25.1 Å². The molecule has 0 bridgehead atoms. The van der Waals surface area contributed by atoms with Gasteiger partial charge in [-0.3, -0.25) is 0 Å². The molecule has 4 heteroatoms. The van der Waals surface area contributed by atoms with Gasteiger partial charge in [-0.25, -0.2) is 9.97 Å². The normalized spacial score (nSPS) is 10.9. The minimum absolute atomic E-state index is 0.146. The molecule has 1 aromatic heterocycles. The molecular formula is C12H13ClN2O. The summed E-state index contributed by atoms with van der Waals surface area (Å²) >= 11 is 6.10. The number of aromatic nitrogens is 2. The van der Waals surface area contributed by atoms with Crippen molar-refractivity contribution in [1.29, 1.82) is 0 Å². The van der Waals surface area contributed by atoms with E-state index in [4.69, 9.17) is 16.7 Å². The summed E-state index contributed by atoms with van der Waals surface area (Å²) in [5, 5.41) is 10.1. The Kier molecular flexibility index (Phi) is 3.36. The van der Waals surface area contributed by atoms with E-state index >= 15 is 0 Å². The predicted octanol–water partition coefficient (Wildman–Crippen LogP) is 2.52. The van der Waals surface area contributed by atoms with Crippen LogP contribution in [0.25, 0.3) is 10.9 Å². The summed E-state index contributed by atoms with van der Waals surface area (Å²) in [6.07, 6.45) is 1.31. The Bertz CT molecular complexity index is 514. The molecule has 16 heavy (non-hydrogen) atoms. The number of aryl methyl sites for hydroxylation is 2. The van der Waals surface area contributed by atoms with E-state index in [2.05, 4.69) is 9.97 Å². The molecule has 2 rings (SSSR count). The highest BCUT2D eigenvalue weighted by molar-refractivity contribution is 6.34. The SMILES string of the molecule is Cc1cccc2c(Cl)nc(CCCO)nc12. The lowest BCUT2D eigenvalue weighted by molar-refractivity contribution is 0.287. The van der Waals surface area contributed by atoms with Crippen molar-refractivity contribution in [2.24, 2.45) is 0 Å². The lowest BCUT2D eigenvalue weighted by Gasteiger charge is -2.05. The van der Waals surface area contributed by atoms with Crippen LogP contribution in [0.2, 0.25) is 5.15 Å². The molecule has 84 valence electrons. The lowest BCUT2D eigenvalue weighted by Crippen LogP contribution is -1.99. The second-order valence-electron chi connectivity index (χ2n) is 3.73. The van der Waals surface area contributed by atoms with Gasteiger partial charge >= 0.3 is 0 Å². The summed E-state index contributed by atoms with van der Waals surface area (Å²) in [5.41, 5.74) is 1.99. The molecule has 1 N–H and O–H groups in total. The molecule has 0 atom stereocenters. The Morgan fingerprint density at radius 3 is 2.88 bits per heavy atom. The van der Waals surface area contributed by atoms with Crippen LogP contribution in [0.3, 0.4) is 0 Å². The van der Waals surface area contributed by atoms with Crippen LogP contribution in [0, 0.1) is 6.92 Å². The average molecular weight is 237 g/mol. The number of rotatable bonds is 3. The van der Waals surface area contributed by atoms with E-state index in [1.54, 1.807) is 0 Å². The van der Waals surface area contributed by atoms with Crippen molar-refractivity contribution in [3.63, 3.8) is 0 Å². The molecule has 0 amide bonds. The predicted molar refractivity (Wildman–Crippen MR) is 64.7 cm³/mol. The van der Waals surface area contributed by atoms with Gasteiger partial charge in [0.05, 0.1) is 5.52 Å². The second-order valence-corrected chi connectivity index (χ2v) is 4.09. The van der Waals surface area contributed by atoms with Crippen molar-refractivity contribution in [2.75, 3.05) is 6.61 Å². The van der Waals surface area contributed by atoms with Gasteiger partial charge in [-0.05, 0) is 25.0 Å². The zero-order chi connectivity index (χ0) is 11.5. The molecule has 0 radical (unpaired) electrons. The number of fused-ring (bicyclic) bond motifs is 1. The lowest BCUT2D eigenvalue weighted by atomic mass is 10.1. The van der Waals surface area contributed by atoms with Crippen LogP contribution in [-0.2, 0) is 6.42 Å². The maximum Gasteiger partial charge on any atom is 0.140 e. The summed E-state index contributed by atoms with van der Waals surface area (Å²) < 4.78 is 0. The molecule has 2 aromatic rings. The van der Waals surface area contributed by atoms with Gasteiger partial charge < -0.3 is 5.11 Å². The van der Waals surface area contributed by atoms with Gasteiger partial charge in [0.15, 0.2) is 0 Å². The summed E-state index contributed by atoms with van der Waals surface area (Å²) in [6, 6.07) is 5.86. The first-order valence-electron chi connectivity index (χ1n) is 5.25. The topological polar surface area (TPSA) is 46.0 Å². The van der Waals surface area contributed by atoms with Gasteiger partial charge in [0.25, 0.3) is 0 Å². The fourth-order valence-corrected chi connectivity index (χ4v) is 1.90. The molecular weight excluding hydrogens is 224 g/mol. The van der Waals surface area contributed by atoms with Gasteiger partial charge in [-0.2, -0.15) is 0 Å². The van der Waals surface area contributed by atoms with Crippen molar-refractivity contribution >= 4 is 22.5 Å². The van der Waals surface area contributed by atoms with Crippen LogP contribution in [0.1, 0.15) is 17.8 Å². The quantitative estimate of drug-likeness (QED) is 0.833. The number of halogens is 1. The third-order valence-electron chi connectivity index (χ3n) is 2.49. The maximum atomic E-state index is 8.78. The zero-order valence-corrected chi connectivity index (χ0v) is 9.83. The van der Waals surface area contributed by atoms with E-state index in [0.29, 0.717) is 23.8 Å². The Labute approximate surface area is 99.1 Å². The van der Waals surface area contributed by atoms with Crippen molar-refractivity contribution in [3.8, 4) is 0 Å². The molecule has 0 saturated heterocycles. The van der Waals surface area contributed by atoms with Crippen LogP contribution in [0.15, 0.2) is 18.2 Å². The van der Waals surface area contributed by atoms with Crippen molar-refractivity contribution in [3.05, 3.63) is 34.7 Å². The van der Waals surface area contributed by atoms with Crippen LogP contribution in [0.5, 0.6) is 0 Å². The highest BCUT2D eigenvalue weighted by atomic mass is 35.5. The first kappa shape index (κ1) is 11.3. The molecule has 0 aliphatic heterocycles. The Balaban J connectivity index is 2.52. The standard InChI is InChI=1S/C12H13ClN2O/c1-8-4-2-5-9-11(8)14-10(6-3-7-16)15-12(9)13/h2,4-5,16H,3,6-7H2,1H3. The second kappa shape index (κ2) is 4.76. The monoisotopic (exact) mass is 236 g/mol. The van der Waals surface area contributed by atoms with Crippen LogP contribution < -0.4 is 0 Å². The highest BCUT2D eigenvalue weighted by Crippen LogP contribution is 2.22. The van der Waals surface area contributed by atoms with E-state index in [1.165, 1.54) is 0 Å². The number of aliphatic hydroxyl groups excluding tert-OH is 1. The molecule has 3 nitrogen and oxygen atoms in total. The summed E-state index contributed by atoms with van der Waals surface area (Å²) in [5.74, 6) is 0.695.